The second-order valence-electron chi connectivity index (χ2n) is 8.27. The molecule has 1 saturated carbocycles. The highest BCUT2D eigenvalue weighted by atomic mass is 127. The van der Waals surface area contributed by atoms with Crippen LogP contribution >= 0.6 is 24.0 Å². The van der Waals surface area contributed by atoms with Gasteiger partial charge >= 0.3 is 0 Å². The molecule has 2 aliphatic rings. The zero-order valence-corrected chi connectivity index (χ0v) is 20.5. The molecular formula is C23H37FIN3O2. The number of guanidine groups is 1. The maximum atomic E-state index is 13.4. The van der Waals surface area contributed by atoms with Crippen molar-refractivity contribution in [3.63, 3.8) is 0 Å². The Morgan fingerprint density at radius 2 is 2.00 bits per heavy atom. The maximum Gasteiger partial charge on any atom is 0.191 e. The van der Waals surface area contributed by atoms with Crippen molar-refractivity contribution >= 4 is 29.9 Å². The van der Waals surface area contributed by atoms with Crippen LogP contribution in [0.1, 0.15) is 51.0 Å². The number of nitrogens with one attached hydrogen (secondary N) is 2. The highest BCUT2D eigenvalue weighted by Crippen LogP contribution is 2.41. The Morgan fingerprint density at radius 3 is 2.67 bits per heavy atom. The Bertz CT molecular complexity index is 630. The van der Waals surface area contributed by atoms with Crippen molar-refractivity contribution < 1.29 is 13.9 Å². The van der Waals surface area contributed by atoms with Gasteiger partial charge in [-0.25, -0.2) is 4.39 Å². The summed E-state index contributed by atoms with van der Waals surface area (Å²) in [5.74, 6) is 1.24. The predicted octanol–water partition coefficient (Wildman–Crippen LogP) is 4.25. The molecule has 5 nitrogen and oxygen atoms in total. The monoisotopic (exact) mass is 533 g/mol. The van der Waals surface area contributed by atoms with Crippen molar-refractivity contribution in [1.82, 2.24) is 10.6 Å². The Kier molecular flexibility index (Phi) is 11.4. The topological polar surface area (TPSA) is 54.9 Å². The number of hydrogen-bond acceptors (Lipinski definition) is 3. The first kappa shape index (κ1) is 25.3. The van der Waals surface area contributed by atoms with Crippen LogP contribution in [0.15, 0.2) is 29.3 Å². The van der Waals surface area contributed by atoms with Crippen LogP contribution in [-0.2, 0) is 14.9 Å². The molecule has 0 amide bonds. The standard InChI is InChI=1S/C23H36FN3O2.HI/c1-2-25-22(26-13-5-14-28-16-19-10-15-29-17-19)27-18-23(11-3-4-12-23)20-6-8-21(24)9-7-20;/h6-9,19H,2-5,10-18H2,1H3,(H2,25,26,27);1H. The molecule has 0 aromatic heterocycles. The molecule has 3 rings (SSSR count). The summed E-state index contributed by atoms with van der Waals surface area (Å²) in [6.07, 6.45) is 6.70. The number of halogens is 2. The average molecular weight is 533 g/mol. The number of aliphatic imine (C=N–C) groups is 1. The summed E-state index contributed by atoms with van der Waals surface area (Å²) in [4.78, 5) is 4.89. The van der Waals surface area contributed by atoms with Crippen molar-refractivity contribution in [3.05, 3.63) is 35.6 Å². The van der Waals surface area contributed by atoms with Gasteiger partial charge in [0.05, 0.1) is 19.8 Å². The summed E-state index contributed by atoms with van der Waals surface area (Å²) in [7, 11) is 0. The lowest BCUT2D eigenvalue weighted by Crippen LogP contribution is -2.39. The van der Waals surface area contributed by atoms with Crippen LogP contribution in [0.2, 0.25) is 0 Å². The molecule has 1 aliphatic carbocycles. The second kappa shape index (κ2) is 13.5. The van der Waals surface area contributed by atoms with E-state index in [1.54, 1.807) is 12.1 Å². The summed E-state index contributed by atoms with van der Waals surface area (Å²) in [5.41, 5.74) is 1.24. The molecule has 0 spiro atoms. The van der Waals surface area contributed by atoms with Gasteiger partial charge in [0.1, 0.15) is 5.82 Å². The molecule has 1 unspecified atom stereocenters. The van der Waals surface area contributed by atoms with E-state index in [2.05, 4.69) is 17.6 Å². The third-order valence-corrected chi connectivity index (χ3v) is 6.04. The van der Waals surface area contributed by atoms with Crippen LogP contribution in [0.25, 0.3) is 0 Å². The van der Waals surface area contributed by atoms with Gasteiger partial charge in [-0.1, -0.05) is 25.0 Å². The van der Waals surface area contributed by atoms with E-state index in [-0.39, 0.29) is 35.2 Å². The average Bonchev–Trinajstić information content (AvgIpc) is 3.42. The summed E-state index contributed by atoms with van der Waals surface area (Å²) < 4.78 is 24.5. The largest absolute Gasteiger partial charge is 0.381 e. The normalized spacial score (nSPS) is 20.7. The Balaban J connectivity index is 0.00000320. The summed E-state index contributed by atoms with van der Waals surface area (Å²) in [6, 6.07) is 7.01. The minimum atomic E-state index is -0.178. The molecule has 30 heavy (non-hydrogen) atoms. The van der Waals surface area contributed by atoms with Gasteiger partial charge in [-0.2, -0.15) is 0 Å². The fourth-order valence-electron chi connectivity index (χ4n) is 4.31. The third kappa shape index (κ3) is 7.64. The number of nitrogens with zero attached hydrogens (tertiary/aromatic N) is 1. The second-order valence-corrected chi connectivity index (χ2v) is 8.27. The van der Waals surface area contributed by atoms with E-state index in [4.69, 9.17) is 14.5 Å². The Hall–Kier alpha value is -0.930. The van der Waals surface area contributed by atoms with E-state index in [0.29, 0.717) is 5.92 Å². The minimum absolute atomic E-state index is 0. The highest BCUT2D eigenvalue weighted by Gasteiger charge is 2.35. The highest BCUT2D eigenvalue weighted by molar-refractivity contribution is 14.0. The molecule has 1 aromatic rings. The lowest BCUT2D eigenvalue weighted by Gasteiger charge is -2.28. The molecule has 2 N–H and O–H groups in total. The third-order valence-electron chi connectivity index (χ3n) is 6.04. The van der Waals surface area contributed by atoms with Gasteiger partial charge in [0, 0.05) is 37.6 Å². The van der Waals surface area contributed by atoms with Gasteiger partial charge in [-0.05, 0) is 50.3 Å². The first-order chi connectivity index (χ1) is 14.2. The van der Waals surface area contributed by atoms with Gasteiger partial charge in [0.25, 0.3) is 0 Å². The van der Waals surface area contributed by atoms with E-state index >= 15 is 0 Å². The van der Waals surface area contributed by atoms with Crippen molar-refractivity contribution in [2.24, 2.45) is 10.9 Å². The van der Waals surface area contributed by atoms with Crippen molar-refractivity contribution in [1.29, 1.82) is 0 Å². The maximum absolute atomic E-state index is 13.4. The Morgan fingerprint density at radius 1 is 1.23 bits per heavy atom. The molecule has 1 aromatic carbocycles. The first-order valence-electron chi connectivity index (χ1n) is 11.2. The summed E-state index contributed by atoms with van der Waals surface area (Å²) >= 11 is 0. The van der Waals surface area contributed by atoms with Crippen LogP contribution in [0, 0.1) is 11.7 Å². The number of benzene rings is 1. The SMILES string of the molecule is CCNC(=NCC1(c2ccc(F)cc2)CCCC1)NCCCOCC1CCOC1.I. The van der Waals surface area contributed by atoms with Crippen molar-refractivity contribution in [3.8, 4) is 0 Å². The van der Waals surface area contributed by atoms with E-state index in [9.17, 15) is 4.39 Å². The van der Waals surface area contributed by atoms with E-state index in [0.717, 1.165) is 77.7 Å². The van der Waals surface area contributed by atoms with Gasteiger partial charge < -0.3 is 20.1 Å². The Labute approximate surface area is 197 Å². The van der Waals surface area contributed by atoms with Crippen molar-refractivity contribution in [2.75, 3.05) is 46.1 Å². The molecular weight excluding hydrogens is 496 g/mol. The smallest absolute Gasteiger partial charge is 0.191 e. The quantitative estimate of drug-likeness (QED) is 0.204. The minimum Gasteiger partial charge on any atom is -0.381 e. The van der Waals surface area contributed by atoms with E-state index in [1.807, 2.05) is 12.1 Å². The molecule has 0 bridgehead atoms. The first-order valence-corrected chi connectivity index (χ1v) is 11.2. The van der Waals surface area contributed by atoms with Crippen LogP contribution < -0.4 is 10.6 Å². The lowest BCUT2D eigenvalue weighted by atomic mass is 9.79. The molecule has 1 atom stereocenters. The molecule has 0 radical (unpaired) electrons. The molecule has 2 fully saturated rings. The number of rotatable bonds is 10. The molecule has 1 aliphatic heterocycles. The zero-order chi connectivity index (χ0) is 20.4. The fourth-order valence-corrected chi connectivity index (χ4v) is 4.31. The predicted molar refractivity (Wildman–Crippen MR) is 130 cm³/mol. The van der Waals surface area contributed by atoms with E-state index in [1.165, 1.54) is 18.4 Å². The molecule has 1 saturated heterocycles. The fraction of sp³-hybridized carbons (Fsp3) is 0.696. The van der Waals surface area contributed by atoms with Gasteiger partial charge in [-0.15, -0.1) is 24.0 Å². The van der Waals surface area contributed by atoms with Gasteiger partial charge in [-0.3, -0.25) is 4.99 Å². The summed E-state index contributed by atoms with van der Waals surface area (Å²) in [5, 5.41) is 6.77. The number of hydrogen-bond donors (Lipinski definition) is 2. The van der Waals surface area contributed by atoms with Gasteiger partial charge in [0.2, 0.25) is 0 Å². The van der Waals surface area contributed by atoms with E-state index < -0.39 is 0 Å². The number of ether oxygens (including phenoxy) is 2. The van der Waals surface area contributed by atoms with Crippen LogP contribution in [-0.4, -0.2) is 52.0 Å². The van der Waals surface area contributed by atoms with Crippen LogP contribution in [0.5, 0.6) is 0 Å². The zero-order valence-electron chi connectivity index (χ0n) is 18.1. The molecule has 1 heterocycles. The summed E-state index contributed by atoms with van der Waals surface area (Å²) in [6.45, 7) is 7.73. The van der Waals surface area contributed by atoms with Gasteiger partial charge in [0.15, 0.2) is 5.96 Å². The lowest BCUT2D eigenvalue weighted by molar-refractivity contribution is 0.0888. The van der Waals surface area contributed by atoms with Crippen LogP contribution in [0.3, 0.4) is 0 Å². The van der Waals surface area contributed by atoms with Crippen LogP contribution in [0.4, 0.5) is 4.39 Å². The molecule has 170 valence electrons. The molecule has 7 heteroatoms. The van der Waals surface area contributed by atoms with Crippen molar-refractivity contribution in [2.45, 2.75) is 50.9 Å².